The topological polar surface area (TPSA) is 96.0 Å². The minimum absolute atomic E-state index is 0.0198. The molecule has 0 fully saturated rings. The summed E-state index contributed by atoms with van der Waals surface area (Å²) in [6.45, 7) is 1.86. The monoisotopic (exact) mass is 529 g/mol. The van der Waals surface area contributed by atoms with Gasteiger partial charge in [0.05, 0.1) is 24.1 Å². The van der Waals surface area contributed by atoms with Crippen molar-refractivity contribution in [1.29, 1.82) is 0 Å². The predicted molar refractivity (Wildman–Crippen MR) is 135 cm³/mol. The van der Waals surface area contributed by atoms with Crippen LogP contribution < -0.4 is 14.4 Å². The van der Waals surface area contributed by atoms with Gasteiger partial charge in [0.25, 0.3) is 0 Å². The van der Waals surface area contributed by atoms with E-state index in [1.54, 1.807) is 38.3 Å². The van der Waals surface area contributed by atoms with Crippen molar-refractivity contribution in [1.82, 2.24) is 10.2 Å². The molecule has 11 heteroatoms. The molecule has 34 heavy (non-hydrogen) atoms. The summed E-state index contributed by atoms with van der Waals surface area (Å²) in [6, 6.07) is 11.1. The summed E-state index contributed by atoms with van der Waals surface area (Å²) in [7, 11) is -0.622. The van der Waals surface area contributed by atoms with Gasteiger partial charge in [-0.25, -0.2) is 8.42 Å². The molecule has 0 heterocycles. The molecule has 0 spiro atoms. The van der Waals surface area contributed by atoms with E-state index in [1.165, 1.54) is 24.1 Å². The Balaban J connectivity index is 2.19. The third kappa shape index (κ3) is 7.51. The highest BCUT2D eigenvalue weighted by molar-refractivity contribution is 7.92. The van der Waals surface area contributed by atoms with Crippen molar-refractivity contribution in [3.8, 4) is 5.75 Å². The first-order chi connectivity index (χ1) is 16.0. The smallest absolute Gasteiger partial charge is 0.242 e. The van der Waals surface area contributed by atoms with E-state index in [0.29, 0.717) is 10.8 Å². The molecule has 2 aromatic rings. The van der Waals surface area contributed by atoms with E-state index in [2.05, 4.69) is 5.32 Å². The quantitative estimate of drug-likeness (QED) is 0.478. The fourth-order valence-corrected chi connectivity index (χ4v) is 4.82. The maximum Gasteiger partial charge on any atom is 0.242 e. The normalized spacial score (nSPS) is 12.1. The average Bonchev–Trinajstić information content (AvgIpc) is 2.80. The van der Waals surface area contributed by atoms with E-state index in [9.17, 15) is 18.0 Å². The number of sulfonamides is 1. The molecular weight excluding hydrogens is 501 g/mol. The Hall–Kier alpha value is -2.49. The first kappa shape index (κ1) is 27.8. The van der Waals surface area contributed by atoms with E-state index < -0.39 is 16.1 Å². The molecule has 2 rings (SSSR count). The number of halogens is 2. The van der Waals surface area contributed by atoms with Gasteiger partial charge in [-0.1, -0.05) is 35.3 Å². The molecule has 1 N–H and O–H groups in total. The number of carbonyl (C=O) groups excluding carboxylic acids is 2. The van der Waals surface area contributed by atoms with Gasteiger partial charge in [-0.15, -0.1) is 0 Å². The largest absolute Gasteiger partial charge is 0.497 e. The zero-order chi connectivity index (χ0) is 25.5. The Morgan fingerprint density at radius 2 is 1.85 bits per heavy atom. The molecule has 0 aliphatic rings. The highest BCUT2D eigenvalue weighted by atomic mass is 35.5. The van der Waals surface area contributed by atoms with Crippen LogP contribution >= 0.6 is 23.2 Å². The molecule has 8 nitrogen and oxygen atoms in total. The molecule has 2 amide bonds. The minimum Gasteiger partial charge on any atom is -0.497 e. The number of benzene rings is 2. The zero-order valence-electron chi connectivity index (χ0n) is 19.5. The lowest BCUT2D eigenvalue weighted by Gasteiger charge is -2.29. The lowest BCUT2D eigenvalue weighted by Crippen LogP contribution is -2.46. The first-order valence-electron chi connectivity index (χ1n) is 10.5. The number of likely N-dealkylation sites (N-methyl/N-ethyl adjacent to an activating group) is 1. The summed E-state index contributed by atoms with van der Waals surface area (Å²) < 4.78 is 31.2. The van der Waals surface area contributed by atoms with Gasteiger partial charge in [-0.2, -0.15) is 0 Å². The van der Waals surface area contributed by atoms with Crippen LogP contribution in [0.1, 0.15) is 25.3 Å². The Bertz CT molecular complexity index is 1130. The third-order valence-corrected chi connectivity index (χ3v) is 6.96. The van der Waals surface area contributed by atoms with Crippen molar-refractivity contribution in [2.45, 2.75) is 32.4 Å². The van der Waals surface area contributed by atoms with Crippen LogP contribution in [0, 0.1) is 0 Å². The molecule has 0 aliphatic carbocycles. The SMILES string of the molecule is CNC(=O)[C@H](C)N(Cc1cccc(OC)c1)C(=O)CCCN(c1cc(Cl)ccc1Cl)S(C)(=O)=O. The van der Waals surface area contributed by atoms with Gasteiger partial charge in [0.2, 0.25) is 21.8 Å². The second-order valence-electron chi connectivity index (χ2n) is 7.70. The maximum absolute atomic E-state index is 13.2. The van der Waals surface area contributed by atoms with Gasteiger partial charge in [-0.05, 0) is 49.2 Å². The molecule has 0 aliphatic heterocycles. The number of hydrogen-bond donors (Lipinski definition) is 1. The summed E-state index contributed by atoms with van der Waals surface area (Å²) >= 11 is 12.2. The molecule has 1 atom stereocenters. The molecular formula is C23H29Cl2N3O5S. The molecule has 0 bridgehead atoms. The van der Waals surface area contributed by atoms with E-state index >= 15 is 0 Å². The Morgan fingerprint density at radius 1 is 1.15 bits per heavy atom. The molecule has 0 aromatic heterocycles. The van der Waals surface area contributed by atoms with Crippen LogP contribution in [0.15, 0.2) is 42.5 Å². The Morgan fingerprint density at radius 3 is 2.47 bits per heavy atom. The number of nitrogens with one attached hydrogen (secondary N) is 1. The van der Waals surface area contributed by atoms with Crippen molar-refractivity contribution >= 4 is 50.7 Å². The fraction of sp³-hybridized carbons (Fsp3) is 0.391. The highest BCUT2D eigenvalue weighted by Crippen LogP contribution is 2.31. The number of hydrogen-bond acceptors (Lipinski definition) is 5. The number of methoxy groups -OCH3 is 1. The van der Waals surface area contributed by atoms with Gasteiger partial charge in [-0.3, -0.25) is 13.9 Å². The van der Waals surface area contributed by atoms with Crippen molar-refractivity contribution in [2.24, 2.45) is 0 Å². The second kappa shape index (κ2) is 12.3. The minimum atomic E-state index is -3.68. The average molecular weight is 530 g/mol. The molecule has 186 valence electrons. The fourth-order valence-electron chi connectivity index (χ4n) is 3.42. The van der Waals surface area contributed by atoms with E-state index in [-0.39, 0.29) is 48.5 Å². The lowest BCUT2D eigenvalue weighted by molar-refractivity contribution is -0.140. The van der Waals surface area contributed by atoms with Crippen molar-refractivity contribution in [3.05, 3.63) is 58.1 Å². The van der Waals surface area contributed by atoms with Gasteiger partial charge in [0, 0.05) is 31.6 Å². The van der Waals surface area contributed by atoms with Crippen LogP contribution in [0.2, 0.25) is 10.0 Å². The van der Waals surface area contributed by atoms with Crippen LogP contribution in [0.25, 0.3) is 0 Å². The molecule has 0 saturated carbocycles. The zero-order valence-corrected chi connectivity index (χ0v) is 21.9. The standard InChI is InChI=1S/C23H29Cl2N3O5S/c1-16(23(30)26-2)27(15-17-7-5-8-19(13-17)33-3)22(29)9-6-12-28(34(4,31)32)21-14-18(24)10-11-20(21)25/h5,7-8,10-11,13-14,16H,6,9,12,15H2,1-4H3,(H,26,30)/t16-/m0/s1. The predicted octanol–water partition coefficient (Wildman–Crippen LogP) is 3.71. The maximum atomic E-state index is 13.2. The van der Waals surface area contributed by atoms with Gasteiger partial charge < -0.3 is 15.0 Å². The second-order valence-corrected chi connectivity index (χ2v) is 10.4. The number of carbonyl (C=O) groups is 2. The summed E-state index contributed by atoms with van der Waals surface area (Å²) in [4.78, 5) is 26.9. The molecule has 0 radical (unpaired) electrons. The Kier molecular flexibility index (Phi) is 10.0. The van der Waals surface area contributed by atoms with Crippen molar-refractivity contribution < 1.29 is 22.7 Å². The lowest BCUT2D eigenvalue weighted by atomic mass is 10.1. The molecule has 0 unspecified atom stereocenters. The molecule has 2 aromatic carbocycles. The van der Waals surface area contributed by atoms with Crippen LogP contribution in [0.5, 0.6) is 5.75 Å². The van der Waals surface area contributed by atoms with E-state index in [0.717, 1.165) is 16.1 Å². The number of rotatable bonds is 11. The van der Waals surface area contributed by atoms with E-state index in [1.807, 2.05) is 6.07 Å². The number of ether oxygens (including phenoxy) is 1. The third-order valence-electron chi connectivity index (χ3n) is 5.23. The summed E-state index contributed by atoms with van der Waals surface area (Å²) in [5.41, 5.74) is 1.04. The van der Waals surface area contributed by atoms with Crippen LogP contribution in [0.3, 0.4) is 0 Å². The van der Waals surface area contributed by atoms with Gasteiger partial charge >= 0.3 is 0 Å². The first-order valence-corrected chi connectivity index (χ1v) is 13.1. The summed E-state index contributed by atoms with van der Waals surface area (Å²) in [5, 5.41) is 3.13. The van der Waals surface area contributed by atoms with Gasteiger partial charge in [0.1, 0.15) is 11.8 Å². The van der Waals surface area contributed by atoms with Crippen LogP contribution in [-0.4, -0.2) is 58.1 Å². The van der Waals surface area contributed by atoms with Crippen LogP contribution in [0.4, 0.5) is 5.69 Å². The number of amides is 2. The molecule has 0 saturated heterocycles. The number of nitrogens with zero attached hydrogens (tertiary/aromatic N) is 2. The van der Waals surface area contributed by atoms with Crippen LogP contribution in [-0.2, 0) is 26.2 Å². The van der Waals surface area contributed by atoms with Crippen molar-refractivity contribution in [2.75, 3.05) is 31.3 Å². The summed E-state index contributed by atoms with van der Waals surface area (Å²) in [6.07, 6.45) is 1.30. The van der Waals surface area contributed by atoms with Crippen molar-refractivity contribution in [3.63, 3.8) is 0 Å². The highest BCUT2D eigenvalue weighted by Gasteiger charge is 2.26. The summed E-state index contributed by atoms with van der Waals surface area (Å²) in [5.74, 6) is 0.0453. The number of anilines is 1. The van der Waals surface area contributed by atoms with Gasteiger partial charge in [0.15, 0.2) is 0 Å². The Labute approximate surface area is 210 Å². The van der Waals surface area contributed by atoms with E-state index in [4.69, 9.17) is 27.9 Å².